The molecule has 1 aromatic carbocycles. The second-order valence-electron chi connectivity index (χ2n) is 7.28. The Bertz CT molecular complexity index is 1030. The largest absolute Gasteiger partial charge is 0.394 e. The highest BCUT2D eigenvalue weighted by molar-refractivity contribution is 5.72. The summed E-state index contributed by atoms with van der Waals surface area (Å²) in [6.07, 6.45) is 3.04. The third kappa shape index (κ3) is 4.02. The van der Waals surface area contributed by atoms with Gasteiger partial charge in [0.05, 0.1) is 19.0 Å². The van der Waals surface area contributed by atoms with Crippen molar-refractivity contribution in [2.24, 2.45) is 0 Å². The number of nitrogens with zero attached hydrogens (tertiary/aromatic N) is 3. The summed E-state index contributed by atoms with van der Waals surface area (Å²) >= 11 is 0. The van der Waals surface area contributed by atoms with Crippen molar-refractivity contribution in [3.8, 4) is 0 Å². The monoisotopic (exact) mass is 399 g/mol. The van der Waals surface area contributed by atoms with Crippen LogP contribution in [0.15, 0.2) is 35.4 Å². The number of H-pyrrole nitrogens is 1. The first-order valence-corrected chi connectivity index (χ1v) is 9.86. The zero-order chi connectivity index (χ0) is 20.4. The number of rotatable bonds is 7. The maximum atomic E-state index is 12.7. The van der Waals surface area contributed by atoms with Gasteiger partial charge in [-0.15, -0.1) is 0 Å². The molecule has 1 aliphatic heterocycles. The third-order valence-electron chi connectivity index (χ3n) is 5.17. The van der Waals surface area contributed by atoms with E-state index >= 15 is 0 Å². The average Bonchev–Trinajstić information content (AvgIpc) is 3.31. The standard InChI is InChI=1S/C20H25N5O4/c1-2-3-4-12-5-7-13(8-6-12)22-20-23-18-17(19(28)24-20)25(11-21-18)16-9-14(27)15(10-26)29-16/h5-8,11,14-16,26-27H,2-4,9-10H2,1H3,(H2,22,23,24,28)/t14-,15+,16+/m0/s1. The molecule has 9 nitrogen and oxygen atoms in total. The Hall–Kier alpha value is -2.75. The molecule has 0 unspecified atom stereocenters. The van der Waals surface area contributed by atoms with Crippen molar-refractivity contribution in [2.45, 2.75) is 51.0 Å². The summed E-state index contributed by atoms with van der Waals surface area (Å²) in [7, 11) is 0. The van der Waals surface area contributed by atoms with E-state index in [0.717, 1.165) is 24.9 Å². The van der Waals surface area contributed by atoms with Crippen molar-refractivity contribution in [2.75, 3.05) is 11.9 Å². The predicted octanol–water partition coefficient (Wildman–Crippen LogP) is 1.85. The van der Waals surface area contributed by atoms with Gasteiger partial charge in [0.15, 0.2) is 11.2 Å². The Morgan fingerprint density at radius 1 is 1.34 bits per heavy atom. The third-order valence-corrected chi connectivity index (χ3v) is 5.17. The van der Waals surface area contributed by atoms with E-state index in [0.29, 0.717) is 5.95 Å². The zero-order valence-electron chi connectivity index (χ0n) is 16.2. The van der Waals surface area contributed by atoms with Crippen LogP contribution in [0, 0.1) is 0 Å². The van der Waals surface area contributed by atoms with Crippen LogP contribution in [0.2, 0.25) is 0 Å². The summed E-state index contributed by atoms with van der Waals surface area (Å²) in [5.74, 6) is 0.301. The van der Waals surface area contributed by atoms with Gasteiger partial charge < -0.3 is 20.3 Å². The van der Waals surface area contributed by atoms with Crippen molar-refractivity contribution >= 4 is 22.8 Å². The van der Waals surface area contributed by atoms with Crippen LogP contribution < -0.4 is 10.9 Å². The lowest BCUT2D eigenvalue weighted by atomic mass is 10.1. The summed E-state index contributed by atoms with van der Waals surface area (Å²) in [5.41, 5.74) is 2.27. The van der Waals surface area contributed by atoms with Crippen LogP contribution in [0.4, 0.5) is 11.6 Å². The Kier molecular flexibility index (Phi) is 5.61. The fourth-order valence-corrected chi connectivity index (χ4v) is 3.55. The van der Waals surface area contributed by atoms with Gasteiger partial charge in [0.2, 0.25) is 5.95 Å². The van der Waals surface area contributed by atoms with Gasteiger partial charge in [-0.1, -0.05) is 25.5 Å². The lowest BCUT2D eigenvalue weighted by Crippen LogP contribution is -2.24. The maximum absolute atomic E-state index is 12.7. The number of aromatic nitrogens is 4. The van der Waals surface area contributed by atoms with E-state index in [-0.39, 0.29) is 29.8 Å². The summed E-state index contributed by atoms with van der Waals surface area (Å²) in [5, 5.41) is 22.3. The number of imidazole rings is 1. The minimum absolute atomic E-state index is 0.264. The molecule has 1 fully saturated rings. The quantitative estimate of drug-likeness (QED) is 0.478. The fourth-order valence-electron chi connectivity index (χ4n) is 3.55. The second-order valence-corrected chi connectivity index (χ2v) is 7.28. The molecule has 1 saturated heterocycles. The fraction of sp³-hybridized carbons (Fsp3) is 0.450. The molecule has 0 spiro atoms. The number of hydrogen-bond donors (Lipinski definition) is 4. The molecule has 9 heteroatoms. The van der Waals surface area contributed by atoms with E-state index in [1.54, 1.807) is 4.57 Å². The number of benzene rings is 1. The summed E-state index contributed by atoms with van der Waals surface area (Å²) in [4.78, 5) is 24.0. The van der Waals surface area contributed by atoms with E-state index in [1.807, 2.05) is 12.1 Å². The molecule has 4 rings (SSSR count). The molecule has 4 N–H and O–H groups in total. The van der Waals surface area contributed by atoms with Crippen LogP contribution in [0.3, 0.4) is 0 Å². The van der Waals surface area contributed by atoms with Gasteiger partial charge >= 0.3 is 0 Å². The number of aryl methyl sites for hydroxylation is 1. The average molecular weight is 399 g/mol. The van der Waals surface area contributed by atoms with E-state index in [4.69, 9.17) is 4.74 Å². The Labute approximate surface area is 167 Å². The summed E-state index contributed by atoms with van der Waals surface area (Å²) < 4.78 is 7.17. The first-order valence-electron chi connectivity index (χ1n) is 9.86. The topological polar surface area (TPSA) is 125 Å². The van der Waals surface area contributed by atoms with E-state index in [9.17, 15) is 15.0 Å². The highest BCUT2D eigenvalue weighted by atomic mass is 16.5. The molecule has 3 heterocycles. The smallest absolute Gasteiger partial charge is 0.278 e. The Morgan fingerprint density at radius 2 is 2.14 bits per heavy atom. The van der Waals surface area contributed by atoms with Crippen molar-refractivity contribution in [3.63, 3.8) is 0 Å². The number of aromatic amines is 1. The summed E-state index contributed by atoms with van der Waals surface area (Å²) in [6, 6.07) is 8.03. The number of anilines is 2. The Balaban J connectivity index is 1.55. The van der Waals surface area contributed by atoms with E-state index in [2.05, 4.69) is 39.3 Å². The molecule has 29 heavy (non-hydrogen) atoms. The van der Waals surface area contributed by atoms with Gasteiger partial charge in [-0.25, -0.2) is 4.98 Å². The van der Waals surface area contributed by atoms with Crippen molar-refractivity contribution in [1.82, 2.24) is 19.5 Å². The molecule has 3 aromatic rings. The van der Waals surface area contributed by atoms with E-state index in [1.165, 1.54) is 11.9 Å². The lowest BCUT2D eigenvalue weighted by molar-refractivity contribution is -0.0431. The van der Waals surface area contributed by atoms with Crippen LogP contribution >= 0.6 is 0 Å². The summed E-state index contributed by atoms with van der Waals surface area (Å²) in [6.45, 7) is 1.88. The molecule has 0 amide bonds. The van der Waals surface area contributed by atoms with Gasteiger partial charge in [-0.3, -0.25) is 14.3 Å². The van der Waals surface area contributed by atoms with Crippen molar-refractivity contribution < 1.29 is 14.9 Å². The molecule has 0 saturated carbocycles. The first kappa shape index (κ1) is 19.6. The molecule has 0 radical (unpaired) electrons. The molecular weight excluding hydrogens is 374 g/mol. The molecule has 3 atom stereocenters. The number of nitrogens with one attached hydrogen (secondary N) is 2. The maximum Gasteiger partial charge on any atom is 0.278 e. The van der Waals surface area contributed by atoms with Crippen LogP contribution in [-0.4, -0.2) is 48.5 Å². The molecule has 154 valence electrons. The lowest BCUT2D eigenvalue weighted by Gasteiger charge is -2.13. The van der Waals surface area contributed by atoms with Crippen LogP contribution in [0.5, 0.6) is 0 Å². The SMILES string of the molecule is CCCCc1ccc(Nc2nc3ncn([C@H]4C[C@H](O)[C@@H](CO)O4)c3c(=O)[nH]2)cc1. The molecule has 2 aromatic heterocycles. The zero-order valence-corrected chi connectivity index (χ0v) is 16.2. The number of ether oxygens (including phenoxy) is 1. The highest BCUT2D eigenvalue weighted by Crippen LogP contribution is 2.30. The predicted molar refractivity (Wildman–Crippen MR) is 108 cm³/mol. The molecule has 1 aliphatic rings. The number of aliphatic hydroxyl groups is 2. The van der Waals surface area contributed by atoms with Gasteiger partial charge in [0.25, 0.3) is 5.56 Å². The van der Waals surface area contributed by atoms with Crippen LogP contribution in [0.1, 0.15) is 38.0 Å². The van der Waals surface area contributed by atoms with Crippen molar-refractivity contribution in [1.29, 1.82) is 0 Å². The number of hydrogen-bond acceptors (Lipinski definition) is 7. The number of aliphatic hydroxyl groups excluding tert-OH is 2. The van der Waals surface area contributed by atoms with Gasteiger partial charge in [-0.05, 0) is 30.5 Å². The second kappa shape index (κ2) is 8.32. The number of unbranched alkanes of at least 4 members (excludes halogenated alkanes) is 1. The van der Waals surface area contributed by atoms with Crippen molar-refractivity contribution in [3.05, 3.63) is 46.5 Å². The Morgan fingerprint density at radius 3 is 2.83 bits per heavy atom. The van der Waals surface area contributed by atoms with Crippen LogP contribution in [-0.2, 0) is 11.2 Å². The number of fused-ring (bicyclic) bond motifs is 1. The highest BCUT2D eigenvalue weighted by Gasteiger charge is 2.35. The molecular formula is C20H25N5O4. The van der Waals surface area contributed by atoms with Gasteiger partial charge in [-0.2, -0.15) is 4.98 Å². The van der Waals surface area contributed by atoms with Gasteiger partial charge in [0, 0.05) is 12.1 Å². The van der Waals surface area contributed by atoms with E-state index < -0.39 is 18.4 Å². The normalized spacial score (nSPS) is 21.7. The first-order chi connectivity index (χ1) is 14.1. The molecule has 0 aliphatic carbocycles. The molecule has 0 bridgehead atoms. The van der Waals surface area contributed by atoms with Crippen LogP contribution in [0.25, 0.3) is 11.2 Å². The minimum Gasteiger partial charge on any atom is -0.394 e. The minimum atomic E-state index is -0.796. The van der Waals surface area contributed by atoms with Gasteiger partial charge in [0.1, 0.15) is 12.3 Å².